The molecule has 0 unspecified atom stereocenters. The molecule has 0 aromatic heterocycles. The minimum Gasteiger partial charge on any atom is -0.465 e. The molecule has 3 rings (SSSR count). The summed E-state index contributed by atoms with van der Waals surface area (Å²) in [6.07, 6.45) is 0. The molecule has 2 aromatic carbocycles. The molecule has 5 nitrogen and oxygen atoms in total. The lowest BCUT2D eigenvalue weighted by Gasteiger charge is -2.14. The van der Waals surface area contributed by atoms with Crippen molar-refractivity contribution in [1.82, 2.24) is 0 Å². The maximum atomic E-state index is 13.4. The molecule has 0 radical (unpaired) electrons. The molecule has 27 heavy (non-hydrogen) atoms. The standard InChI is InChI=1S/C20H22BrNO4S/c1-3-26-19(23)20(12-22)17(14-6-8-15(21)9-7-14)18(20)27(24,25)16-10-4-13(2)5-11-16/h4-11,17-18H,3,12,22H2,1-2H3/t17-,18-,20+/m0/s1. The molecule has 2 N–H and O–H groups in total. The molecule has 0 amide bonds. The maximum Gasteiger partial charge on any atom is 0.315 e. The number of nitrogens with two attached hydrogens (primary N) is 1. The van der Waals surface area contributed by atoms with Crippen LogP contribution in [0.1, 0.15) is 24.0 Å². The Morgan fingerprint density at radius 2 is 1.74 bits per heavy atom. The SMILES string of the molecule is CCOC(=O)[C@]1(CN)[C@@H](c2ccc(Br)cc2)[C@@H]1S(=O)(=O)c1ccc(C)cc1. The van der Waals surface area contributed by atoms with Crippen molar-refractivity contribution in [1.29, 1.82) is 0 Å². The molecule has 0 heterocycles. The first-order valence-corrected chi connectivity index (χ1v) is 11.1. The summed E-state index contributed by atoms with van der Waals surface area (Å²) < 4.78 is 32.8. The Morgan fingerprint density at radius 3 is 2.26 bits per heavy atom. The second-order valence-electron chi connectivity index (χ2n) is 6.77. The van der Waals surface area contributed by atoms with Crippen LogP contribution in [0.15, 0.2) is 57.9 Å². The molecule has 1 aliphatic rings. The van der Waals surface area contributed by atoms with E-state index >= 15 is 0 Å². The maximum absolute atomic E-state index is 13.4. The van der Waals surface area contributed by atoms with Gasteiger partial charge in [-0.3, -0.25) is 4.79 Å². The van der Waals surface area contributed by atoms with Crippen molar-refractivity contribution in [2.45, 2.75) is 29.9 Å². The summed E-state index contributed by atoms with van der Waals surface area (Å²) >= 11 is 3.38. The van der Waals surface area contributed by atoms with Gasteiger partial charge < -0.3 is 10.5 Å². The van der Waals surface area contributed by atoms with Gasteiger partial charge in [-0.2, -0.15) is 0 Å². The molecule has 3 atom stereocenters. The van der Waals surface area contributed by atoms with Gasteiger partial charge in [0.15, 0.2) is 9.84 Å². The number of benzene rings is 2. The number of rotatable bonds is 6. The van der Waals surface area contributed by atoms with Crippen LogP contribution in [0.25, 0.3) is 0 Å². The molecular weight excluding hydrogens is 430 g/mol. The third kappa shape index (κ3) is 3.32. The van der Waals surface area contributed by atoms with E-state index in [1.807, 2.05) is 31.2 Å². The van der Waals surface area contributed by atoms with Crippen LogP contribution in [-0.4, -0.2) is 32.8 Å². The average Bonchev–Trinajstić information content (AvgIpc) is 3.34. The van der Waals surface area contributed by atoms with E-state index in [1.165, 1.54) is 0 Å². The van der Waals surface area contributed by atoms with Gasteiger partial charge in [0.2, 0.25) is 0 Å². The van der Waals surface area contributed by atoms with E-state index in [-0.39, 0.29) is 18.0 Å². The molecule has 7 heteroatoms. The van der Waals surface area contributed by atoms with Crippen LogP contribution in [0.3, 0.4) is 0 Å². The number of halogens is 1. The first-order chi connectivity index (χ1) is 12.8. The first-order valence-electron chi connectivity index (χ1n) is 8.72. The Balaban J connectivity index is 2.10. The van der Waals surface area contributed by atoms with Crippen LogP contribution in [0.4, 0.5) is 0 Å². The predicted molar refractivity (Wildman–Crippen MR) is 107 cm³/mol. The molecule has 1 fully saturated rings. The fourth-order valence-electron chi connectivity index (χ4n) is 3.71. The number of aryl methyl sites for hydroxylation is 1. The van der Waals surface area contributed by atoms with Gasteiger partial charge in [-0.05, 0) is 43.7 Å². The minimum absolute atomic E-state index is 0.0949. The van der Waals surface area contributed by atoms with Gasteiger partial charge in [-0.1, -0.05) is 45.8 Å². The van der Waals surface area contributed by atoms with Crippen molar-refractivity contribution < 1.29 is 17.9 Å². The highest BCUT2D eigenvalue weighted by molar-refractivity contribution is 9.10. The number of carbonyl (C=O) groups excluding carboxylic acids is 1. The van der Waals surface area contributed by atoms with Gasteiger partial charge in [0.25, 0.3) is 0 Å². The van der Waals surface area contributed by atoms with Gasteiger partial charge in [0.1, 0.15) is 5.41 Å². The Labute approximate surface area is 168 Å². The number of sulfone groups is 1. The first kappa shape index (κ1) is 20.0. The van der Waals surface area contributed by atoms with E-state index in [4.69, 9.17) is 10.5 Å². The monoisotopic (exact) mass is 451 g/mol. The average molecular weight is 452 g/mol. The van der Waals surface area contributed by atoms with E-state index < -0.39 is 32.4 Å². The topological polar surface area (TPSA) is 86.5 Å². The number of esters is 1. The highest BCUT2D eigenvalue weighted by atomic mass is 79.9. The zero-order valence-corrected chi connectivity index (χ0v) is 17.6. The Hall–Kier alpha value is -1.70. The van der Waals surface area contributed by atoms with Gasteiger partial charge in [-0.15, -0.1) is 0 Å². The Bertz CT molecular complexity index is 941. The molecule has 2 aromatic rings. The normalized spacial score (nSPS) is 24.4. The molecule has 0 saturated heterocycles. The van der Waals surface area contributed by atoms with Crippen LogP contribution in [0.5, 0.6) is 0 Å². The van der Waals surface area contributed by atoms with E-state index in [2.05, 4.69) is 15.9 Å². The van der Waals surface area contributed by atoms with Crippen molar-refractivity contribution in [2.24, 2.45) is 11.1 Å². The third-order valence-electron chi connectivity index (χ3n) is 5.16. The largest absolute Gasteiger partial charge is 0.465 e. The molecule has 1 saturated carbocycles. The van der Waals surface area contributed by atoms with Crippen LogP contribution >= 0.6 is 15.9 Å². The van der Waals surface area contributed by atoms with E-state index in [0.29, 0.717) is 0 Å². The van der Waals surface area contributed by atoms with Crippen molar-refractivity contribution in [3.8, 4) is 0 Å². The Kier molecular flexibility index (Phi) is 5.47. The summed E-state index contributed by atoms with van der Waals surface area (Å²) in [7, 11) is -3.77. The van der Waals surface area contributed by atoms with Crippen LogP contribution in [0.2, 0.25) is 0 Å². The number of hydrogen-bond acceptors (Lipinski definition) is 5. The molecule has 0 bridgehead atoms. The van der Waals surface area contributed by atoms with Gasteiger partial charge >= 0.3 is 5.97 Å². The lowest BCUT2D eigenvalue weighted by Crippen LogP contribution is -2.33. The lowest BCUT2D eigenvalue weighted by molar-refractivity contribution is -0.149. The van der Waals surface area contributed by atoms with Gasteiger partial charge in [0.05, 0.1) is 16.8 Å². The number of carbonyl (C=O) groups is 1. The lowest BCUT2D eigenvalue weighted by atomic mass is 9.99. The molecule has 144 valence electrons. The Morgan fingerprint density at radius 1 is 1.15 bits per heavy atom. The molecule has 0 aliphatic heterocycles. The van der Waals surface area contributed by atoms with Crippen molar-refractivity contribution >= 4 is 31.7 Å². The van der Waals surface area contributed by atoms with Crippen LogP contribution in [0, 0.1) is 12.3 Å². The zero-order valence-electron chi connectivity index (χ0n) is 15.2. The second kappa shape index (κ2) is 7.37. The summed E-state index contributed by atoms with van der Waals surface area (Å²) in [5.41, 5.74) is 6.43. The predicted octanol–water partition coefficient (Wildman–Crippen LogP) is 3.21. The molecule has 1 aliphatic carbocycles. The summed E-state index contributed by atoms with van der Waals surface area (Å²) in [6, 6.07) is 14.0. The third-order valence-corrected chi connectivity index (χ3v) is 7.98. The number of ether oxygens (including phenoxy) is 1. The smallest absolute Gasteiger partial charge is 0.315 e. The summed E-state index contributed by atoms with van der Waals surface area (Å²) in [6.45, 7) is 3.66. The van der Waals surface area contributed by atoms with E-state index in [0.717, 1.165) is 15.6 Å². The second-order valence-corrected chi connectivity index (χ2v) is 9.76. The highest BCUT2D eigenvalue weighted by Crippen LogP contribution is 2.64. The van der Waals surface area contributed by atoms with Crippen LogP contribution in [-0.2, 0) is 19.4 Å². The fourth-order valence-corrected chi connectivity index (χ4v) is 6.36. The summed E-state index contributed by atoms with van der Waals surface area (Å²) in [5.74, 6) is -1.10. The summed E-state index contributed by atoms with van der Waals surface area (Å²) in [5, 5.41) is -0.946. The molecular formula is C20H22BrNO4S. The number of hydrogen-bond donors (Lipinski definition) is 1. The minimum atomic E-state index is -3.77. The van der Waals surface area contributed by atoms with E-state index in [9.17, 15) is 13.2 Å². The van der Waals surface area contributed by atoms with Gasteiger partial charge in [-0.25, -0.2) is 8.42 Å². The van der Waals surface area contributed by atoms with Crippen LogP contribution < -0.4 is 5.73 Å². The van der Waals surface area contributed by atoms with Crippen molar-refractivity contribution in [3.63, 3.8) is 0 Å². The van der Waals surface area contributed by atoms with Gasteiger partial charge in [0, 0.05) is 16.9 Å². The summed E-state index contributed by atoms with van der Waals surface area (Å²) in [4.78, 5) is 13.0. The molecule has 0 spiro atoms. The van der Waals surface area contributed by atoms with Crippen molar-refractivity contribution in [2.75, 3.05) is 13.2 Å². The van der Waals surface area contributed by atoms with Crippen molar-refractivity contribution in [3.05, 3.63) is 64.1 Å². The quantitative estimate of drug-likeness (QED) is 0.681. The fraction of sp³-hybridized carbons (Fsp3) is 0.350. The van der Waals surface area contributed by atoms with E-state index in [1.54, 1.807) is 31.2 Å². The zero-order chi connectivity index (χ0) is 19.8. The highest BCUT2D eigenvalue weighted by Gasteiger charge is 2.75.